The van der Waals surface area contributed by atoms with E-state index in [-0.39, 0.29) is 40.5 Å². The van der Waals surface area contributed by atoms with Crippen molar-refractivity contribution in [1.29, 1.82) is 0 Å². The predicted molar refractivity (Wildman–Crippen MR) is 138 cm³/mol. The molecule has 0 radical (unpaired) electrons. The molecule has 0 spiro atoms. The summed E-state index contributed by atoms with van der Waals surface area (Å²) in [5, 5.41) is 11.5. The molecule has 2 saturated heterocycles. The molecule has 0 amide bonds. The van der Waals surface area contributed by atoms with Crippen molar-refractivity contribution in [3.63, 3.8) is 0 Å². The number of ether oxygens (including phenoxy) is 1. The molecule has 0 aromatic carbocycles. The van der Waals surface area contributed by atoms with Gasteiger partial charge in [-0.2, -0.15) is 9.97 Å². The van der Waals surface area contributed by atoms with E-state index >= 15 is 0 Å². The molecule has 35 heavy (non-hydrogen) atoms. The van der Waals surface area contributed by atoms with E-state index in [0.29, 0.717) is 11.2 Å². The largest absolute Gasteiger partial charge is 0.414 e. The number of nitrogens with two attached hydrogens (primary N) is 2. The molecule has 13 heteroatoms. The highest BCUT2D eigenvalue weighted by Crippen LogP contribution is 2.48. The van der Waals surface area contributed by atoms with Crippen molar-refractivity contribution < 1.29 is 22.8 Å². The molecule has 0 bridgehead atoms. The number of anilines is 2. The van der Waals surface area contributed by atoms with Crippen molar-refractivity contribution in [3.05, 3.63) is 6.33 Å². The van der Waals surface area contributed by atoms with Crippen LogP contribution in [-0.2, 0) is 17.7 Å². The molecule has 2 fully saturated rings. The first kappa shape index (κ1) is 26.4. The standard InChI is InChI=1S/C22H40N6O5Si2/c1-11(2)34(12(3)4)30-9-15-18(32-35(33-34,13(5)6)14(7)8)17(29)21(31-15)28-10-25-16-19(23)26-22(24)27-20(16)28/h10-15,17-18,21,29H,9H2,1-8H3,(H4,23,24,26,27). The summed E-state index contributed by atoms with van der Waals surface area (Å²) in [7, 11) is -5.60. The van der Waals surface area contributed by atoms with Gasteiger partial charge in [0.2, 0.25) is 5.95 Å². The van der Waals surface area contributed by atoms with Crippen LogP contribution < -0.4 is 11.5 Å². The quantitative estimate of drug-likeness (QED) is 0.497. The van der Waals surface area contributed by atoms with Crippen molar-refractivity contribution >= 4 is 40.1 Å². The van der Waals surface area contributed by atoms with Gasteiger partial charge in [-0.1, -0.05) is 55.4 Å². The fourth-order valence-electron chi connectivity index (χ4n) is 5.51. The van der Waals surface area contributed by atoms with Crippen LogP contribution in [0.1, 0.15) is 61.6 Å². The maximum Gasteiger partial charge on any atom is 0.335 e. The van der Waals surface area contributed by atoms with Gasteiger partial charge in [-0.3, -0.25) is 4.57 Å². The molecule has 4 unspecified atom stereocenters. The number of aliphatic hydroxyl groups excluding tert-OH is 1. The summed E-state index contributed by atoms with van der Waals surface area (Å²) in [6, 6.07) is 0. The van der Waals surface area contributed by atoms with Crippen LogP contribution >= 0.6 is 0 Å². The number of aliphatic hydroxyl groups is 1. The van der Waals surface area contributed by atoms with Crippen LogP contribution in [0.15, 0.2) is 6.33 Å². The van der Waals surface area contributed by atoms with E-state index in [1.807, 2.05) is 0 Å². The molecule has 4 heterocycles. The molecule has 0 aliphatic carbocycles. The molecular formula is C22H40N6O5Si2. The fourth-order valence-corrected chi connectivity index (χ4v) is 16.7. The second kappa shape index (κ2) is 9.36. The number of imidazole rings is 1. The average molecular weight is 525 g/mol. The van der Waals surface area contributed by atoms with Gasteiger partial charge in [-0.05, 0) is 22.2 Å². The predicted octanol–water partition coefficient (Wildman–Crippen LogP) is 3.21. The zero-order valence-corrected chi connectivity index (χ0v) is 23.9. The number of aromatic nitrogens is 4. The van der Waals surface area contributed by atoms with Crippen LogP contribution in [0.2, 0.25) is 22.2 Å². The molecule has 2 aliphatic heterocycles. The average Bonchev–Trinajstić information content (AvgIpc) is 3.28. The van der Waals surface area contributed by atoms with Crippen LogP contribution in [-0.4, -0.2) is 66.7 Å². The van der Waals surface area contributed by atoms with Gasteiger partial charge in [0, 0.05) is 0 Å². The van der Waals surface area contributed by atoms with Crippen LogP contribution in [0.4, 0.5) is 11.8 Å². The molecule has 4 atom stereocenters. The molecule has 4 rings (SSSR count). The second-order valence-corrected chi connectivity index (χ2v) is 19.7. The van der Waals surface area contributed by atoms with E-state index in [1.54, 1.807) is 4.57 Å². The Morgan fingerprint density at radius 1 is 0.971 bits per heavy atom. The first-order valence-electron chi connectivity index (χ1n) is 12.4. The number of rotatable bonds is 5. The van der Waals surface area contributed by atoms with E-state index in [9.17, 15) is 5.11 Å². The van der Waals surface area contributed by atoms with Gasteiger partial charge < -0.3 is 34.3 Å². The van der Waals surface area contributed by atoms with Gasteiger partial charge in [0.05, 0.1) is 12.9 Å². The number of fused-ring (bicyclic) bond motifs is 2. The maximum absolute atomic E-state index is 11.5. The summed E-state index contributed by atoms with van der Waals surface area (Å²) >= 11 is 0. The summed E-state index contributed by atoms with van der Waals surface area (Å²) in [4.78, 5) is 12.6. The van der Waals surface area contributed by atoms with Gasteiger partial charge in [-0.25, -0.2) is 4.98 Å². The lowest BCUT2D eigenvalue weighted by molar-refractivity contribution is -0.0570. The summed E-state index contributed by atoms with van der Waals surface area (Å²) in [5.74, 6) is 0.201. The van der Waals surface area contributed by atoms with Crippen molar-refractivity contribution in [2.75, 3.05) is 18.1 Å². The maximum atomic E-state index is 11.5. The molecule has 2 aromatic rings. The minimum absolute atomic E-state index is 0.0268. The van der Waals surface area contributed by atoms with Gasteiger partial charge in [-0.15, -0.1) is 0 Å². The summed E-state index contributed by atoms with van der Waals surface area (Å²) in [6.45, 7) is 17.5. The second-order valence-electron chi connectivity index (χ2n) is 10.9. The normalized spacial score (nSPS) is 28.7. The molecule has 2 aliphatic rings. The van der Waals surface area contributed by atoms with Gasteiger partial charge in [0.1, 0.15) is 23.8 Å². The Morgan fingerprint density at radius 3 is 2.14 bits per heavy atom. The topological polar surface area (TPSA) is 153 Å². The number of hydrogen-bond acceptors (Lipinski definition) is 10. The van der Waals surface area contributed by atoms with E-state index in [2.05, 4.69) is 70.3 Å². The van der Waals surface area contributed by atoms with Crippen LogP contribution in [0, 0.1) is 0 Å². The monoisotopic (exact) mass is 524 g/mol. The number of hydrogen-bond donors (Lipinski definition) is 3. The Labute approximate surface area is 209 Å². The van der Waals surface area contributed by atoms with Crippen LogP contribution in [0.5, 0.6) is 0 Å². The first-order chi connectivity index (χ1) is 16.3. The molecule has 5 N–H and O–H groups in total. The van der Waals surface area contributed by atoms with Crippen molar-refractivity contribution in [1.82, 2.24) is 19.5 Å². The van der Waals surface area contributed by atoms with Gasteiger partial charge in [0.15, 0.2) is 17.7 Å². The van der Waals surface area contributed by atoms with Crippen molar-refractivity contribution in [2.45, 2.75) is 102 Å². The summed E-state index contributed by atoms with van der Waals surface area (Å²) in [6.07, 6.45) is -1.38. The Morgan fingerprint density at radius 2 is 1.57 bits per heavy atom. The fraction of sp³-hybridized carbons (Fsp3) is 0.773. The van der Waals surface area contributed by atoms with Crippen LogP contribution in [0.25, 0.3) is 11.2 Å². The Kier molecular flexibility index (Phi) is 7.07. The Bertz CT molecular complexity index is 1050. The smallest absolute Gasteiger partial charge is 0.335 e. The van der Waals surface area contributed by atoms with Crippen molar-refractivity contribution in [3.8, 4) is 0 Å². The van der Waals surface area contributed by atoms with E-state index in [0.717, 1.165) is 0 Å². The van der Waals surface area contributed by atoms with Gasteiger partial charge in [0.25, 0.3) is 0 Å². The van der Waals surface area contributed by atoms with E-state index < -0.39 is 41.7 Å². The Hall–Kier alpha value is -1.62. The Balaban J connectivity index is 1.78. The highest BCUT2D eigenvalue weighted by Gasteiger charge is 2.61. The van der Waals surface area contributed by atoms with E-state index in [4.69, 9.17) is 29.2 Å². The van der Waals surface area contributed by atoms with Gasteiger partial charge >= 0.3 is 17.1 Å². The van der Waals surface area contributed by atoms with Crippen LogP contribution in [0.3, 0.4) is 0 Å². The third-order valence-electron chi connectivity index (χ3n) is 7.38. The first-order valence-corrected chi connectivity index (χ1v) is 16.4. The molecule has 11 nitrogen and oxygen atoms in total. The lowest BCUT2D eigenvalue weighted by Gasteiger charge is -2.51. The number of nitrogen functional groups attached to an aromatic ring is 2. The third kappa shape index (κ3) is 4.20. The summed E-state index contributed by atoms with van der Waals surface area (Å²) < 4.78 is 29.0. The zero-order valence-electron chi connectivity index (χ0n) is 21.9. The zero-order chi connectivity index (χ0) is 25.9. The highest BCUT2D eigenvalue weighted by molar-refractivity contribution is 6.84. The SMILES string of the molecule is CC(C)[Si]1(C(C)C)OCC2OC(n3cnc4c(N)nc(N)nc43)C(O)C2O[Si](C(C)C)(C(C)C)O1. The number of nitrogens with zero attached hydrogens (tertiary/aromatic N) is 4. The van der Waals surface area contributed by atoms with Crippen molar-refractivity contribution in [2.24, 2.45) is 0 Å². The molecule has 0 saturated carbocycles. The molecule has 196 valence electrons. The lowest BCUT2D eigenvalue weighted by atomic mass is 10.1. The minimum Gasteiger partial charge on any atom is -0.414 e. The molecular weight excluding hydrogens is 484 g/mol. The summed E-state index contributed by atoms with van der Waals surface area (Å²) in [5.41, 5.74) is 13.3. The minimum atomic E-state index is -2.89. The van der Waals surface area contributed by atoms with E-state index in [1.165, 1.54) is 6.33 Å². The highest BCUT2D eigenvalue weighted by atomic mass is 28.5. The third-order valence-corrected chi connectivity index (χ3v) is 17.6. The lowest BCUT2D eigenvalue weighted by Crippen LogP contribution is -2.65. The molecule has 2 aromatic heterocycles.